The van der Waals surface area contributed by atoms with Crippen LogP contribution in [0.2, 0.25) is 5.02 Å². The van der Waals surface area contributed by atoms with Gasteiger partial charge in [-0.2, -0.15) is 0 Å². The van der Waals surface area contributed by atoms with Crippen molar-refractivity contribution in [3.63, 3.8) is 0 Å². The van der Waals surface area contributed by atoms with E-state index < -0.39 is 5.97 Å². The van der Waals surface area contributed by atoms with Crippen LogP contribution in [0.25, 0.3) is 0 Å². The smallest absolute Gasteiger partial charge is 0.338 e. The van der Waals surface area contributed by atoms with Gasteiger partial charge in [0.1, 0.15) is 24.7 Å². The van der Waals surface area contributed by atoms with Crippen LogP contribution >= 0.6 is 11.6 Å². The van der Waals surface area contributed by atoms with Gasteiger partial charge in [-0.3, -0.25) is 4.79 Å². The fraction of sp³-hybridized carbons (Fsp3) is 0.333. The number of amides is 1. The molecule has 1 aromatic heterocycles. The molecule has 138 valence electrons. The van der Waals surface area contributed by atoms with Crippen molar-refractivity contribution in [3.05, 3.63) is 46.4 Å². The highest BCUT2D eigenvalue weighted by Gasteiger charge is 2.21. The SMILES string of the molecule is Cc1ccc(CN(C)C(=O)COC(=O)c2cc(Cl)c3c(c2)OCCO3)o1. The number of fused-ring (bicyclic) bond motifs is 1. The summed E-state index contributed by atoms with van der Waals surface area (Å²) in [6.07, 6.45) is 0. The molecule has 0 N–H and O–H groups in total. The monoisotopic (exact) mass is 379 g/mol. The molecule has 0 atom stereocenters. The molecule has 26 heavy (non-hydrogen) atoms. The Balaban J connectivity index is 1.58. The molecule has 0 spiro atoms. The minimum absolute atomic E-state index is 0.191. The standard InChI is InChI=1S/C18H18ClNO6/c1-11-3-4-13(26-11)9-20(2)16(21)10-25-18(22)12-7-14(19)17-15(8-12)23-5-6-24-17/h3-4,7-8H,5-6,9-10H2,1-2H3. The number of carbonyl (C=O) groups excluding carboxylic acids is 2. The van der Waals surface area contributed by atoms with Gasteiger partial charge in [-0.25, -0.2) is 4.79 Å². The number of nitrogens with zero attached hydrogens (tertiary/aromatic N) is 1. The lowest BCUT2D eigenvalue weighted by molar-refractivity contribution is -0.134. The number of halogens is 1. The highest BCUT2D eigenvalue weighted by Crippen LogP contribution is 2.38. The van der Waals surface area contributed by atoms with E-state index in [1.807, 2.05) is 13.0 Å². The molecule has 0 radical (unpaired) electrons. The highest BCUT2D eigenvalue weighted by atomic mass is 35.5. The van der Waals surface area contributed by atoms with E-state index in [0.717, 1.165) is 5.76 Å². The third-order valence-electron chi connectivity index (χ3n) is 3.77. The molecule has 0 aliphatic carbocycles. The Morgan fingerprint density at radius 1 is 1.23 bits per heavy atom. The number of esters is 1. The first-order chi connectivity index (χ1) is 12.4. The first kappa shape index (κ1) is 18.1. The van der Waals surface area contributed by atoms with Crippen molar-refractivity contribution in [2.24, 2.45) is 0 Å². The normalized spacial score (nSPS) is 12.6. The quantitative estimate of drug-likeness (QED) is 0.743. The van der Waals surface area contributed by atoms with Gasteiger partial charge in [0, 0.05) is 7.05 Å². The van der Waals surface area contributed by atoms with E-state index in [4.69, 9.17) is 30.2 Å². The van der Waals surface area contributed by atoms with Crippen LogP contribution < -0.4 is 9.47 Å². The molecule has 0 saturated carbocycles. The average Bonchev–Trinajstić information content (AvgIpc) is 3.04. The average molecular weight is 380 g/mol. The van der Waals surface area contributed by atoms with E-state index in [9.17, 15) is 9.59 Å². The number of rotatable bonds is 5. The van der Waals surface area contributed by atoms with E-state index in [2.05, 4.69) is 0 Å². The highest BCUT2D eigenvalue weighted by molar-refractivity contribution is 6.32. The van der Waals surface area contributed by atoms with Crippen LogP contribution in [0, 0.1) is 6.92 Å². The lowest BCUT2D eigenvalue weighted by Gasteiger charge is -2.20. The molecule has 8 heteroatoms. The van der Waals surface area contributed by atoms with Crippen LogP contribution in [0.3, 0.4) is 0 Å². The molecule has 1 aliphatic heterocycles. The molecule has 2 aromatic rings. The van der Waals surface area contributed by atoms with Crippen molar-refractivity contribution >= 4 is 23.5 Å². The van der Waals surface area contributed by atoms with Gasteiger partial charge in [-0.1, -0.05) is 11.6 Å². The number of aryl methyl sites for hydroxylation is 1. The summed E-state index contributed by atoms with van der Waals surface area (Å²) in [5.41, 5.74) is 0.191. The van der Waals surface area contributed by atoms with Crippen molar-refractivity contribution in [1.29, 1.82) is 0 Å². The van der Waals surface area contributed by atoms with Crippen LogP contribution in [0.4, 0.5) is 0 Å². The van der Waals surface area contributed by atoms with E-state index in [-0.39, 0.29) is 23.1 Å². The lowest BCUT2D eigenvalue weighted by Crippen LogP contribution is -2.30. The molecule has 1 aliphatic rings. The molecule has 1 aromatic carbocycles. The zero-order valence-electron chi connectivity index (χ0n) is 14.4. The molecule has 0 bridgehead atoms. The maximum Gasteiger partial charge on any atom is 0.338 e. The maximum atomic E-state index is 12.2. The largest absolute Gasteiger partial charge is 0.486 e. The van der Waals surface area contributed by atoms with Crippen LogP contribution in [0.1, 0.15) is 21.9 Å². The molecule has 7 nitrogen and oxygen atoms in total. The molecule has 0 fully saturated rings. The Bertz CT molecular complexity index is 831. The van der Waals surface area contributed by atoms with E-state index >= 15 is 0 Å². The van der Waals surface area contributed by atoms with E-state index in [1.54, 1.807) is 13.1 Å². The molecule has 0 saturated heterocycles. The minimum Gasteiger partial charge on any atom is -0.486 e. The summed E-state index contributed by atoms with van der Waals surface area (Å²) in [4.78, 5) is 25.7. The van der Waals surface area contributed by atoms with Crippen LogP contribution in [0.5, 0.6) is 11.5 Å². The topological polar surface area (TPSA) is 78.2 Å². The predicted octanol–water partition coefficient (Wildman–Crippen LogP) is 2.83. The van der Waals surface area contributed by atoms with Gasteiger partial charge in [-0.05, 0) is 31.2 Å². The maximum absolute atomic E-state index is 12.2. The van der Waals surface area contributed by atoms with Gasteiger partial charge in [0.25, 0.3) is 5.91 Å². The first-order valence-corrected chi connectivity index (χ1v) is 8.37. The Morgan fingerprint density at radius 3 is 2.73 bits per heavy atom. The minimum atomic E-state index is -0.667. The van der Waals surface area contributed by atoms with Crippen molar-refractivity contribution in [1.82, 2.24) is 4.90 Å². The number of carbonyl (C=O) groups is 2. The summed E-state index contributed by atoms with van der Waals surface area (Å²) in [6.45, 7) is 2.50. The van der Waals surface area contributed by atoms with Crippen LogP contribution in [-0.4, -0.2) is 43.6 Å². The molecule has 2 heterocycles. The van der Waals surface area contributed by atoms with Crippen LogP contribution in [0.15, 0.2) is 28.7 Å². The van der Waals surface area contributed by atoms with Crippen molar-refractivity contribution in [2.75, 3.05) is 26.9 Å². The second kappa shape index (κ2) is 7.70. The van der Waals surface area contributed by atoms with Crippen molar-refractivity contribution < 1.29 is 28.2 Å². The molecule has 3 rings (SSSR count). The van der Waals surface area contributed by atoms with Gasteiger partial charge >= 0.3 is 5.97 Å². The fourth-order valence-electron chi connectivity index (χ4n) is 2.44. The van der Waals surface area contributed by atoms with Gasteiger partial charge in [0.05, 0.1) is 17.1 Å². The zero-order chi connectivity index (χ0) is 18.7. The van der Waals surface area contributed by atoms with Gasteiger partial charge in [-0.15, -0.1) is 0 Å². The number of ether oxygens (including phenoxy) is 3. The van der Waals surface area contributed by atoms with Crippen molar-refractivity contribution in [2.45, 2.75) is 13.5 Å². The molecule has 1 amide bonds. The summed E-state index contributed by atoms with van der Waals surface area (Å²) >= 11 is 6.10. The lowest BCUT2D eigenvalue weighted by atomic mass is 10.2. The van der Waals surface area contributed by atoms with E-state index in [1.165, 1.54) is 17.0 Å². The number of benzene rings is 1. The number of hydrogen-bond acceptors (Lipinski definition) is 6. The summed E-state index contributed by atoms with van der Waals surface area (Å²) in [6, 6.07) is 6.53. The van der Waals surface area contributed by atoms with Crippen LogP contribution in [-0.2, 0) is 16.1 Å². The van der Waals surface area contributed by atoms with Gasteiger partial charge < -0.3 is 23.5 Å². The predicted molar refractivity (Wildman–Crippen MR) is 92.6 cm³/mol. The van der Waals surface area contributed by atoms with E-state index in [0.29, 0.717) is 37.0 Å². The Hall–Kier alpha value is -2.67. The summed E-state index contributed by atoms with van der Waals surface area (Å²) in [7, 11) is 1.61. The Labute approximate surface area is 155 Å². The second-order valence-corrected chi connectivity index (χ2v) is 6.23. The summed E-state index contributed by atoms with van der Waals surface area (Å²) < 4.78 is 21.3. The Morgan fingerprint density at radius 2 is 2.00 bits per heavy atom. The molecular weight excluding hydrogens is 362 g/mol. The van der Waals surface area contributed by atoms with Gasteiger partial charge in [0.2, 0.25) is 0 Å². The Kier molecular flexibility index (Phi) is 5.37. The first-order valence-electron chi connectivity index (χ1n) is 7.99. The molecule has 0 unspecified atom stereocenters. The number of likely N-dealkylation sites (N-methyl/N-ethyl adjacent to an activating group) is 1. The summed E-state index contributed by atoms with van der Waals surface area (Å²) in [5, 5.41) is 0.255. The second-order valence-electron chi connectivity index (χ2n) is 5.82. The fourth-order valence-corrected chi connectivity index (χ4v) is 2.71. The van der Waals surface area contributed by atoms with Crippen molar-refractivity contribution in [3.8, 4) is 11.5 Å². The number of furan rings is 1. The summed E-state index contributed by atoms with van der Waals surface area (Å²) in [5.74, 6) is 1.19. The number of hydrogen-bond donors (Lipinski definition) is 0. The zero-order valence-corrected chi connectivity index (χ0v) is 15.2. The molecular formula is C18H18ClNO6. The third-order valence-corrected chi connectivity index (χ3v) is 4.05. The third kappa shape index (κ3) is 4.11. The van der Waals surface area contributed by atoms with Gasteiger partial charge in [0.15, 0.2) is 18.1 Å².